The molecule has 1 atom stereocenters. The van der Waals surface area contributed by atoms with Crippen molar-refractivity contribution >= 4 is 21.6 Å². The fourth-order valence-corrected chi connectivity index (χ4v) is 4.90. The van der Waals surface area contributed by atoms with Crippen molar-refractivity contribution in [2.75, 3.05) is 31.6 Å². The van der Waals surface area contributed by atoms with E-state index in [1.165, 1.54) is 10.4 Å². The number of sulfonamides is 1. The summed E-state index contributed by atoms with van der Waals surface area (Å²) >= 11 is 0. The lowest BCUT2D eigenvalue weighted by atomic mass is 10.1. The zero-order chi connectivity index (χ0) is 19.4. The number of hydrogen-bond acceptors (Lipinski definition) is 5. The Hall–Kier alpha value is -1.64. The van der Waals surface area contributed by atoms with Gasteiger partial charge in [0, 0.05) is 19.7 Å². The second-order valence-corrected chi connectivity index (χ2v) is 9.28. The van der Waals surface area contributed by atoms with E-state index in [9.17, 15) is 13.2 Å². The fourth-order valence-electron chi connectivity index (χ4n) is 3.35. The Labute approximate surface area is 161 Å². The normalized spacial score (nSPS) is 21.4. The largest absolute Gasteiger partial charge is 0.489 e. The first-order chi connectivity index (χ1) is 12.9. The van der Waals surface area contributed by atoms with Gasteiger partial charge in [-0.3, -0.25) is 4.79 Å². The van der Waals surface area contributed by atoms with Crippen LogP contribution in [0.2, 0.25) is 0 Å². The Morgan fingerprint density at radius 1 is 1.26 bits per heavy atom. The van der Waals surface area contributed by atoms with Crippen molar-refractivity contribution in [2.24, 2.45) is 5.92 Å². The highest BCUT2D eigenvalue weighted by Gasteiger charge is 2.28. The zero-order valence-corrected chi connectivity index (χ0v) is 16.8. The predicted octanol–water partition coefficient (Wildman–Crippen LogP) is 2.62. The van der Waals surface area contributed by atoms with Crippen LogP contribution in [0.5, 0.6) is 5.75 Å². The number of ether oxygens (including phenoxy) is 2. The van der Waals surface area contributed by atoms with Gasteiger partial charge >= 0.3 is 0 Å². The maximum Gasteiger partial charge on any atom is 0.243 e. The lowest BCUT2D eigenvalue weighted by Crippen LogP contribution is -2.35. The zero-order valence-electron chi connectivity index (χ0n) is 15.9. The molecule has 2 saturated heterocycles. The van der Waals surface area contributed by atoms with E-state index in [1.807, 2.05) is 13.8 Å². The van der Waals surface area contributed by atoms with Crippen LogP contribution in [0.4, 0.5) is 5.69 Å². The highest BCUT2D eigenvalue weighted by atomic mass is 32.2. The number of benzene rings is 1. The van der Waals surface area contributed by atoms with E-state index in [1.54, 1.807) is 12.1 Å². The molecular formula is C19H28N2O5S. The highest BCUT2D eigenvalue weighted by molar-refractivity contribution is 7.89. The molecule has 0 bridgehead atoms. The lowest BCUT2D eigenvalue weighted by molar-refractivity contribution is -0.119. The first-order valence-corrected chi connectivity index (χ1v) is 11.0. The molecule has 150 valence electrons. The number of carbonyl (C=O) groups excluding carboxylic acids is 1. The summed E-state index contributed by atoms with van der Waals surface area (Å²) in [6.07, 6.45) is 3.37. The number of amides is 1. The van der Waals surface area contributed by atoms with E-state index in [-0.39, 0.29) is 22.8 Å². The van der Waals surface area contributed by atoms with Gasteiger partial charge in [0.2, 0.25) is 15.9 Å². The van der Waals surface area contributed by atoms with Crippen molar-refractivity contribution in [3.8, 4) is 5.75 Å². The van der Waals surface area contributed by atoms with E-state index < -0.39 is 10.0 Å². The Kier molecular flexibility index (Phi) is 6.39. The van der Waals surface area contributed by atoms with Crippen LogP contribution in [0.15, 0.2) is 23.1 Å². The van der Waals surface area contributed by atoms with Crippen molar-refractivity contribution < 1.29 is 22.7 Å². The Balaban J connectivity index is 1.88. The number of hydrogen-bond donors (Lipinski definition) is 1. The fraction of sp³-hybridized carbons (Fsp3) is 0.632. The molecular weight excluding hydrogens is 368 g/mol. The van der Waals surface area contributed by atoms with Gasteiger partial charge in [-0.05, 0) is 51.3 Å². The number of piperidine rings is 1. The average molecular weight is 397 g/mol. The van der Waals surface area contributed by atoms with Crippen molar-refractivity contribution in [3.63, 3.8) is 0 Å². The van der Waals surface area contributed by atoms with Gasteiger partial charge in [-0.2, -0.15) is 4.31 Å². The third-order valence-electron chi connectivity index (χ3n) is 4.82. The van der Waals surface area contributed by atoms with Crippen LogP contribution in [0.1, 0.15) is 39.5 Å². The summed E-state index contributed by atoms with van der Waals surface area (Å²) in [6, 6.07) is 4.68. The molecule has 1 unspecified atom stereocenters. The van der Waals surface area contributed by atoms with Crippen LogP contribution in [-0.2, 0) is 19.6 Å². The van der Waals surface area contributed by atoms with Crippen molar-refractivity contribution in [2.45, 2.75) is 50.5 Å². The van der Waals surface area contributed by atoms with Crippen LogP contribution >= 0.6 is 0 Å². The van der Waals surface area contributed by atoms with Crippen LogP contribution < -0.4 is 10.1 Å². The Morgan fingerprint density at radius 3 is 2.63 bits per heavy atom. The summed E-state index contributed by atoms with van der Waals surface area (Å²) < 4.78 is 38.5. The SMILES string of the molecule is CC(C)Oc1ccc(S(=O)(=O)N2CCCCC2)cc1NC(=O)C1CCOC1. The minimum absolute atomic E-state index is 0.0972. The van der Waals surface area contributed by atoms with Gasteiger partial charge in [-0.15, -0.1) is 0 Å². The molecule has 2 fully saturated rings. The van der Waals surface area contributed by atoms with Crippen LogP contribution in [-0.4, -0.2) is 51.0 Å². The predicted molar refractivity (Wildman–Crippen MR) is 102 cm³/mol. The summed E-state index contributed by atoms with van der Waals surface area (Å²) in [7, 11) is -3.58. The first kappa shape index (κ1) is 20.1. The van der Waals surface area contributed by atoms with Crippen LogP contribution in [0.3, 0.4) is 0 Å². The summed E-state index contributed by atoms with van der Waals surface area (Å²) in [4.78, 5) is 12.7. The molecule has 27 heavy (non-hydrogen) atoms. The number of nitrogens with one attached hydrogen (secondary N) is 1. The average Bonchev–Trinajstić information content (AvgIpc) is 3.18. The smallest absolute Gasteiger partial charge is 0.243 e. The van der Waals surface area contributed by atoms with Crippen LogP contribution in [0.25, 0.3) is 0 Å². The second-order valence-electron chi connectivity index (χ2n) is 7.34. The van der Waals surface area contributed by atoms with Gasteiger partial charge < -0.3 is 14.8 Å². The van der Waals surface area contributed by atoms with E-state index in [0.29, 0.717) is 44.2 Å². The van der Waals surface area contributed by atoms with Gasteiger partial charge in [0.1, 0.15) is 5.75 Å². The summed E-state index contributed by atoms with van der Waals surface area (Å²) in [5.41, 5.74) is 0.388. The summed E-state index contributed by atoms with van der Waals surface area (Å²) in [5, 5.41) is 2.85. The first-order valence-electron chi connectivity index (χ1n) is 9.57. The summed E-state index contributed by atoms with van der Waals surface area (Å²) in [5.74, 6) is 0.0720. The van der Waals surface area contributed by atoms with Crippen molar-refractivity contribution in [3.05, 3.63) is 18.2 Å². The molecule has 2 aliphatic rings. The second kappa shape index (κ2) is 8.58. The minimum Gasteiger partial charge on any atom is -0.489 e. The highest BCUT2D eigenvalue weighted by Crippen LogP contribution is 2.31. The standard InChI is InChI=1S/C19H28N2O5S/c1-14(2)26-18-7-6-16(27(23,24)21-9-4-3-5-10-21)12-17(18)20-19(22)15-8-11-25-13-15/h6-7,12,14-15H,3-5,8-11,13H2,1-2H3,(H,20,22). The van der Waals surface area contributed by atoms with Crippen molar-refractivity contribution in [1.29, 1.82) is 0 Å². The molecule has 2 heterocycles. The molecule has 0 saturated carbocycles. The summed E-state index contributed by atoms with van der Waals surface area (Å²) in [6.45, 7) is 5.79. The molecule has 1 aromatic carbocycles. The number of nitrogens with zero attached hydrogens (tertiary/aromatic N) is 1. The van der Waals surface area contributed by atoms with E-state index in [0.717, 1.165) is 19.3 Å². The Bertz CT molecular complexity index is 766. The van der Waals surface area contributed by atoms with E-state index >= 15 is 0 Å². The Morgan fingerprint density at radius 2 is 2.00 bits per heavy atom. The van der Waals surface area contributed by atoms with Gasteiger partial charge in [0.15, 0.2) is 0 Å². The molecule has 8 heteroatoms. The number of carbonyl (C=O) groups is 1. The van der Waals surface area contributed by atoms with Gasteiger partial charge in [0.05, 0.1) is 29.2 Å². The van der Waals surface area contributed by atoms with E-state index in [4.69, 9.17) is 9.47 Å². The molecule has 1 amide bonds. The quantitative estimate of drug-likeness (QED) is 0.799. The van der Waals surface area contributed by atoms with Crippen molar-refractivity contribution in [1.82, 2.24) is 4.31 Å². The topological polar surface area (TPSA) is 84.9 Å². The molecule has 7 nitrogen and oxygen atoms in total. The monoisotopic (exact) mass is 396 g/mol. The third-order valence-corrected chi connectivity index (χ3v) is 6.72. The maximum atomic E-state index is 13.0. The van der Waals surface area contributed by atoms with Gasteiger partial charge in [-0.1, -0.05) is 6.42 Å². The maximum absolute atomic E-state index is 13.0. The lowest BCUT2D eigenvalue weighted by Gasteiger charge is -2.26. The molecule has 1 N–H and O–H groups in total. The molecule has 0 spiro atoms. The molecule has 0 aromatic heterocycles. The van der Waals surface area contributed by atoms with Gasteiger partial charge in [-0.25, -0.2) is 8.42 Å². The van der Waals surface area contributed by atoms with E-state index in [2.05, 4.69) is 5.32 Å². The number of rotatable bonds is 6. The molecule has 3 rings (SSSR count). The van der Waals surface area contributed by atoms with Crippen LogP contribution in [0, 0.1) is 5.92 Å². The molecule has 1 aromatic rings. The molecule has 0 radical (unpaired) electrons. The molecule has 2 aliphatic heterocycles. The molecule has 0 aliphatic carbocycles. The van der Waals surface area contributed by atoms with Gasteiger partial charge in [0.25, 0.3) is 0 Å². The number of anilines is 1. The third kappa shape index (κ3) is 4.80. The minimum atomic E-state index is -3.58.